The van der Waals surface area contributed by atoms with Crippen LogP contribution in [0.2, 0.25) is 51.9 Å². The summed E-state index contributed by atoms with van der Waals surface area (Å²) in [5, 5.41) is 3.13. The number of halogens is 5. The van der Waals surface area contributed by atoms with Crippen molar-refractivity contribution in [1.29, 1.82) is 0 Å². The molecular weight excluding hydrogens is 623 g/mol. The summed E-state index contributed by atoms with van der Waals surface area (Å²) >= 11 is 31.0. The molecule has 0 aromatic heterocycles. The van der Waals surface area contributed by atoms with Crippen LogP contribution in [0.3, 0.4) is 0 Å². The highest BCUT2D eigenvalue weighted by Gasteiger charge is 2.52. The molecule has 0 spiro atoms. The smallest absolute Gasteiger partial charge is 0.317 e. The highest BCUT2D eigenvalue weighted by Crippen LogP contribution is 2.85. The maximum absolute atomic E-state index is 6.56. The summed E-state index contributed by atoms with van der Waals surface area (Å²) < 4.78 is 38.1. The summed E-state index contributed by atoms with van der Waals surface area (Å²) in [6.07, 6.45) is 0.710. The lowest BCUT2D eigenvalue weighted by Crippen LogP contribution is -2.65. The Balaban J connectivity index is 2.08. The van der Waals surface area contributed by atoms with Crippen LogP contribution in [0.1, 0.15) is 6.42 Å². The fourth-order valence-electron chi connectivity index (χ4n) is 3.57. The van der Waals surface area contributed by atoms with Crippen LogP contribution in [0, 0.1) is 0 Å². The van der Waals surface area contributed by atoms with Gasteiger partial charge in [0.1, 0.15) is 0 Å². The van der Waals surface area contributed by atoms with E-state index in [0.717, 1.165) is 0 Å². The van der Waals surface area contributed by atoms with Gasteiger partial charge in [-0.1, -0.05) is 0 Å². The third kappa shape index (κ3) is 9.45. The minimum atomic E-state index is -3.04. The van der Waals surface area contributed by atoms with Gasteiger partial charge in [0.15, 0.2) is 0 Å². The van der Waals surface area contributed by atoms with Crippen molar-refractivity contribution in [2.45, 2.75) is 58.3 Å². The summed E-state index contributed by atoms with van der Waals surface area (Å²) in [6.45, 7) is 11.9. The summed E-state index contributed by atoms with van der Waals surface area (Å²) in [5.41, 5.74) is 0. The van der Waals surface area contributed by atoms with E-state index in [-0.39, 0.29) is 0 Å². The predicted molar refractivity (Wildman–Crippen MR) is 143 cm³/mol. The lowest BCUT2D eigenvalue weighted by Gasteiger charge is -2.47. The maximum Gasteiger partial charge on any atom is 0.317 e. The van der Waals surface area contributed by atoms with E-state index in [1.54, 1.807) is 0 Å². The number of rotatable bonds is 5. The van der Waals surface area contributed by atoms with Crippen molar-refractivity contribution in [2.75, 3.05) is 6.54 Å². The van der Waals surface area contributed by atoms with Crippen molar-refractivity contribution in [3.05, 3.63) is 0 Å². The van der Waals surface area contributed by atoms with Crippen LogP contribution in [-0.2, 0) is 16.5 Å². The zero-order valence-corrected chi connectivity index (χ0v) is 28.3. The Hall–Kier alpha value is 2.81. The fraction of sp³-hybridized carbons (Fsp3) is 1.00. The van der Waals surface area contributed by atoms with Gasteiger partial charge in [0.25, 0.3) is 11.8 Å². The molecule has 1 N–H and O–H groups in total. The van der Waals surface area contributed by atoms with E-state index < -0.39 is 52.8 Å². The monoisotopic (exact) mass is 648 g/mol. The van der Waals surface area contributed by atoms with Crippen LogP contribution >= 0.6 is 74.7 Å². The molecular formula is C10H28Cl5N4O4P3Si4. The molecule has 1 fully saturated rings. The molecule has 2 heterocycles. The van der Waals surface area contributed by atoms with Crippen molar-refractivity contribution >= 4 is 109 Å². The molecule has 0 radical (unpaired) electrons. The van der Waals surface area contributed by atoms with E-state index in [2.05, 4.69) is 25.2 Å². The molecule has 1 atom stereocenters. The normalized spacial score (nSPS) is 33.2. The van der Waals surface area contributed by atoms with Crippen molar-refractivity contribution < 1.29 is 16.5 Å². The molecule has 178 valence electrons. The summed E-state index contributed by atoms with van der Waals surface area (Å²) in [6, 6.07) is 0.715. The molecule has 20 heteroatoms. The van der Waals surface area contributed by atoms with Crippen LogP contribution in [0.25, 0.3) is 0 Å². The molecule has 2 aliphatic heterocycles. The molecule has 0 amide bonds. The molecule has 30 heavy (non-hydrogen) atoms. The van der Waals surface area contributed by atoms with Crippen LogP contribution < -0.4 is 5.09 Å². The van der Waals surface area contributed by atoms with E-state index >= 15 is 0 Å². The van der Waals surface area contributed by atoms with E-state index in [1.807, 2.05) is 39.3 Å². The van der Waals surface area contributed by atoms with Gasteiger partial charge in [-0.15, -0.1) is 0 Å². The van der Waals surface area contributed by atoms with Gasteiger partial charge in [0.05, 0.1) is 0 Å². The largest absolute Gasteiger partial charge is 0.416 e. The average molecular weight is 651 g/mol. The Morgan fingerprint density at radius 2 is 1.10 bits per heavy atom. The quantitative estimate of drug-likeness (QED) is 0.182. The molecule has 2 aliphatic rings. The zero-order valence-electron chi connectivity index (χ0n) is 17.8. The van der Waals surface area contributed by atoms with Gasteiger partial charge in [0, 0.05) is 6.54 Å². The van der Waals surface area contributed by atoms with Gasteiger partial charge in [-0.2, -0.15) is 13.5 Å². The first-order valence-electron chi connectivity index (χ1n) is 9.11. The first kappa shape index (κ1) is 29.0. The van der Waals surface area contributed by atoms with Crippen molar-refractivity contribution in [1.82, 2.24) is 5.09 Å². The summed E-state index contributed by atoms with van der Waals surface area (Å²) in [4.78, 5) is 0. The predicted octanol–water partition coefficient (Wildman–Crippen LogP) is 9.27. The molecule has 1 unspecified atom stereocenters. The SMILES string of the molecule is C[Si]1(C)O[Si](C)(C)O[Si](C)(CCCNP2(Cl)=NP(Cl)(Cl)=NP(Cl)(Cl)=N2)O[Si](C)(C)O1. The number of hydrogen-bond acceptors (Lipinski definition) is 8. The average Bonchev–Trinajstić information content (AvgIpc) is 2.33. The van der Waals surface area contributed by atoms with Crippen LogP contribution in [-0.4, -0.2) is 40.8 Å². The lowest BCUT2D eigenvalue weighted by atomic mass is 10.5. The standard InChI is InChI=1S/C10H28Cl5N4O4P3Si4/c1-27(2)20-28(3,4)22-30(7,23-29(5,6)21-27)10-8-9-16-26(15)18-24(11,12)17-25(13,14)19-26/h16H,8-10H2,1-7H3. The molecule has 2 rings (SSSR count). The Bertz CT molecular complexity index is 822. The second-order valence-electron chi connectivity index (χ2n) is 8.46. The van der Waals surface area contributed by atoms with Gasteiger partial charge >= 0.3 is 34.2 Å². The van der Waals surface area contributed by atoms with Crippen molar-refractivity contribution in [3.8, 4) is 0 Å². The van der Waals surface area contributed by atoms with Gasteiger partial charge in [-0.25, -0.2) is 0 Å². The minimum absolute atomic E-state index is 0.493. The fourth-order valence-corrected chi connectivity index (χ4v) is 42.4. The molecule has 0 bridgehead atoms. The molecule has 0 aromatic carbocycles. The van der Waals surface area contributed by atoms with Crippen LogP contribution in [0.5, 0.6) is 0 Å². The molecule has 0 aromatic rings. The third-order valence-electron chi connectivity index (χ3n) is 3.69. The second kappa shape index (κ2) is 9.69. The van der Waals surface area contributed by atoms with E-state index in [0.29, 0.717) is 19.0 Å². The molecule has 1 saturated heterocycles. The van der Waals surface area contributed by atoms with Crippen molar-refractivity contribution in [3.63, 3.8) is 0 Å². The van der Waals surface area contributed by atoms with Gasteiger partial charge in [-0.3, -0.25) is 5.09 Å². The van der Waals surface area contributed by atoms with E-state index in [1.165, 1.54) is 0 Å². The Morgan fingerprint density at radius 1 is 0.667 bits per heavy atom. The topological polar surface area (TPSA) is 86.0 Å². The second-order valence-corrected chi connectivity index (χ2v) is 36.3. The number of nitrogens with zero attached hydrogens (tertiary/aromatic N) is 3. The first-order chi connectivity index (χ1) is 13.2. The summed E-state index contributed by atoms with van der Waals surface area (Å²) in [5.74, 6) is -6.09. The van der Waals surface area contributed by atoms with Crippen molar-refractivity contribution in [2.24, 2.45) is 13.5 Å². The number of nitrogens with one attached hydrogen (secondary N) is 1. The molecule has 0 aliphatic carbocycles. The number of hydrogen-bond donors (Lipinski definition) is 1. The Morgan fingerprint density at radius 3 is 1.57 bits per heavy atom. The maximum atomic E-state index is 6.56. The highest BCUT2D eigenvalue weighted by molar-refractivity contribution is 8.22. The molecule has 8 nitrogen and oxygen atoms in total. The minimum Gasteiger partial charge on any atom is -0.416 e. The van der Waals surface area contributed by atoms with Crippen LogP contribution in [0.15, 0.2) is 13.5 Å². The van der Waals surface area contributed by atoms with E-state index in [4.69, 9.17) is 72.7 Å². The lowest BCUT2D eigenvalue weighted by molar-refractivity contribution is 0.234. The molecule has 0 saturated carbocycles. The summed E-state index contributed by atoms with van der Waals surface area (Å²) in [7, 11) is -9.69. The van der Waals surface area contributed by atoms with Gasteiger partial charge < -0.3 is 16.5 Å². The Kier molecular flexibility index (Phi) is 9.38. The van der Waals surface area contributed by atoms with Gasteiger partial charge in [-0.05, 0) is 114 Å². The van der Waals surface area contributed by atoms with Gasteiger partial charge in [0.2, 0.25) is 6.71 Å². The highest BCUT2D eigenvalue weighted by atomic mass is 35.9. The van der Waals surface area contributed by atoms with E-state index in [9.17, 15) is 0 Å². The van der Waals surface area contributed by atoms with Crippen LogP contribution in [0.4, 0.5) is 0 Å². The third-order valence-corrected chi connectivity index (χ3v) is 32.6. The Labute approximate surface area is 207 Å². The zero-order chi connectivity index (χ0) is 23.3. The first-order valence-corrected chi connectivity index (χ1v) is 29.7.